The first kappa shape index (κ1) is 11.9. The van der Waals surface area contributed by atoms with Gasteiger partial charge < -0.3 is 10.1 Å². The van der Waals surface area contributed by atoms with Crippen molar-refractivity contribution in [3.05, 3.63) is 34.9 Å². The number of halogens is 1. The van der Waals surface area contributed by atoms with Crippen LogP contribution in [0.25, 0.3) is 0 Å². The second-order valence-corrected chi connectivity index (χ2v) is 4.30. The second kappa shape index (κ2) is 5.19. The Balaban J connectivity index is 1.84. The fourth-order valence-corrected chi connectivity index (χ4v) is 1.55. The van der Waals surface area contributed by atoms with E-state index in [-0.39, 0.29) is 24.1 Å². The molecule has 1 amide bonds. The predicted octanol–water partition coefficient (Wildman–Crippen LogP) is 1.78. The van der Waals surface area contributed by atoms with Crippen LogP contribution in [0.1, 0.15) is 23.2 Å². The third-order valence-corrected chi connectivity index (χ3v) is 2.70. The van der Waals surface area contributed by atoms with Gasteiger partial charge in [0.15, 0.2) is 6.61 Å². The summed E-state index contributed by atoms with van der Waals surface area (Å²) in [5, 5.41) is 3.05. The predicted molar refractivity (Wildman–Crippen MR) is 62.9 cm³/mol. The summed E-state index contributed by atoms with van der Waals surface area (Å²) < 4.78 is 4.86. The molecule has 1 aromatic carbocycles. The van der Waals surface area contributed by atoms with Crippen LogP contribution < -0.4 is 5.32 Å². The van der Waals surface area contributed by atoms with Crippen LogP contribution in [-0.4, -0.2) is 24.5 Å². The highest BCUT2D eigenvalue weighted by molar-refractivity contribution is 6.33. The van der Waals surface area contributed by atoms with Crippen molar-refractivity contribution in [3.63, 3.8) is 0 Å². The Hall–Kier alpha value is -1.55. The first-order valence-electron chi connectivity index (χ1n) is 5.38. The smallest absolute Gasteiger partial charge is 0.340 e. The second-order valence-electron chi connectivity index (χ2n) is 3.90. The third-order valence-electron chi connectivity index (χ3n) is 2.37. The Bertz CT molecular complexity index is 443. The van der Waals surface area contributed by atoms with E-state index in [1.807, 2.05) is 0 Å². The van der Waals surface area contributed by atoms with Crippen LogP contribution in [0.4, 0.5) is 0 Å². The van der Waals surface area contributed by atoms with Crippen molar-refractivity contribution in [2.45, 2.75) is 18.9 Å². The number of benzene rings is 1. The van der Waals surface area contributed by atoms with E-state index in [9.17, 15) is 9.59 Å². The lowest BCUT2D eigenvalue weighted by molar-refractivity contribution is -0.124. The van der Waals surface area contributed by atoms with Crippen LogP contribution in [-0.2, 0) is 9.53 Å². The van der Waals surface area contributed by atoms with Crippen molar-refractivity contribution in [1.29, 1.82) is 0 Å². The van der Waals surface area contributed by atoms with Gasteiger partial charge in [-0.1, -0.05) is 23.7 Å². The molecule has 0 heterocycles. The number of rotatable bonds is 4. The molecule has 90 valence electrons. The first-order valence-corrected chi connectivity index (χ1v) is 5.75. The molecule has 0 bridgehead atoms. The monoisotopic (exact) mass is 253 g/mol. The number of esters is 1. The molecule has 0 aliphatic heterocycles. The summed E-state index contributed by atoms with van der Waals surface area (Å²) in [6, 6.07) is 6.83. The van der Waals surface area contributed by atoms with Gasteiger partial charge in [0, 0.05) is 6.04 Å². The van der Waals surface area contributed by atoms with Crippen LogP contribution in [0.5, 0.6) is 0 Å². The molecule has 1 saturated carbocycles. The van der Waals surface area contributed by atoms with Crippen molar-refractivity contribution in [3.8, 4) is 0 Å². The summed E-state index contributed by atoms with van der Waals surface area (Å²) >= 11 is 5.83. The van der Waals surface area contributed by atoms with E-state index >= 15 is 0 Å². The topological polar surface area (TPSA) is 55.4 Å². The quantitative estimate of drug-likeness (QED) is 0.832. The van der Waals surface area contributed by atoms with Crippen molar-refractivity contribution >= 4 is 23.5 Å². The van der Waals surface area contributed by atoms with Crippen molar-refractivity contribution in [1.82, 2.24) is 5.32 Å². The maximum Gasteiger partial charge on any atom is 0.340 e. The van der Waals surface area contributed by atoms with Gasteiger partial charge in [-0.2, -0.15) is 0 Å². The lowest BCUT2D eigenvalue weighted by Gasteiger charge is -2.06. The molecule has 4 nitrogen and oxygen atoms in total. The number of ether oxygens (including phenoxy) is 1. The first-order chi connectivity index (χ1) is 8.16. The molecule has 1 aliphatic rings. The summed E-state index contributed by atoms with van der Waals surface area (Å²) in [5.74, 6) is -0.852. The van der Waals surface area contributed by atoms with E-state index in [0.717, 1.165) is 12.8 Å². The molecule has 1 aliphatic carbocycles. The van der Waals surface area contributed by atoms with Gasteiger partial charge in [-0.3, -0.25) is 4.79 Å². The van der Waals surface area contributed by atoms with Crippen LogP contribution >= 0.6 is 11.6 Å². The number of amides is 1. The molecule has 17 heavy (non-hydrogen) atoms. The highest BCUT2D eigenvalue weighted by Crippen LogP contribution is 2.18. The largest absolute Gasteiger partial charge is 0.452 e. The molecular weight excluding hydrogens is 242 g/mol. The van der Waals surface area contributed by atoms with Crippen molar-refractivity contribution in [2.75, 3.05) is 6.61 Å². The number of carbonyl (C=O) groups is 2. The van der Waals surface area contributed by atoms with Gasteiger partial charge in [-0.15, -0.1) is 0 Å². The molecule has 1 N–H and O–H groups in total. The summed E-state index contributed by atoms with van der Waals surface area (Å²) in [6.07, 6.45) is 2.01. The molecule has 5 heteroatoms. The van der Waals surface area contributed by atoms with E-state index in [2.05, 4.69) is 5.32 Å². The number of carbonyl (C=O) groups excluding carboxylic acids is 2. The van der Waals surface area contributed by atoms with Gasteiger partial charge in [-0.25, -0.2) is 4.79 Å². The van der Waals surface area contributed by atoms with Crippen LogP contribution in [0, 0.1) is 0 Å². The number of nitrogens with one attached hydrogen (secondary N) is 1. The molecular formula is C12H12ClNO3. The zero-order valence-corrected chi connectivity index (χ0v) is 9.87. The van der Waals surface area contributed by atoms with E-state index in [1.165, 1.54) is 0 Å². The average molecular weight is 254 g/mol. The molecule has 0 unspecified atom stereocenters. The number of hydrogen-bond donors (Lipinski definition) is 1. The van der Waals surface area contributed by atoms with Gasteiger partial charge in [0.2, 0.25) is 0 Å². The lowest BCUT2D eigenvalue weighted by atomic mass is 10.2. The molecule has 1 fully saturated rings. The van der Waals surface area contributed by atoms with E-state index in [1.54, 1.807) is 24.3 Å². The van der Waals surface area contributed by atoms with Crippen molar-refractivity contribution < 1.29 is 14.3 Å². The minimum atomic E-state index is -0.582. The summed E-state index contributed by atoms with van der Waals surface area (Å²) in [5.41, 5.74) is 0.272. The zero-order valence-electron chi connectivity index (χ0n) is 9.11. The molecule has 0 spiro atoms. The summed E-state index contributed by atoms with van der Waals surface area (Å²) in [7, 11) is 0. The fourth-order valence-electron chi connectivity index (χ4n) is 1.33. The Morgan fingerprint density at radius 3 is 2.71 bits per heavy atom. The molecule has 0 radical (unpaired) electrons. The SMILES string of the molecule is O=C(COC(=O)c1ccccc1Cl)NC1CC1. The van der Waals surface area contributed by atoms with Gasteiger partial charge in [0.25, 0.3) is 5.91 Å². The van der Waals surface area contributed by atoms with Gasteiger partial charge in [0.05, 0.1) is 10.6 Å². The van der Waals surface area contributed by atoms with Crippen LogP contribution in [0.3, 0.4) is 0 Å². The van der Waals surface area contributed by atoms with Crippen LogP contribution in [0.15, 0.2) is 24.3 Å². The Morgan fingerprint density at radius 1 is 1.35 bits per heavy atom. The lowest BCUT2D eigenvalue weighted by Crippen LogP contribution is -2.30. The van der Waals surface area contributed by atoms with Gasteiger partial charge >= 0.3 is 5.97 Å². The highest BCUT2D eigenvalue weighted by atomic mass is 35.5. The molecule has 0 aromatic heterocycles. The highest BCUT2D eigenvalue weighted by Gasteiger charge is 2.23. The van der Waals surface area contributed by atoms with E-state index in [0.29, 0.717) is 5.02 Å². The molecule has 0 saturated heterocycles. The summed E-state index contributed by atoms with van der Waals surface area (Å²) in [4.78, 5) is 22.9. The molecule has 1 aromatic rings. The van der Waals surface area contributed by atoms with Gasteiger partial charge in [-0.05, 0) is 25.0 Å². The Kier molecular flexibility index (Phi) is 3.64. The van der Waals surface area contributed by atoms with Gasteiger partial charge in [0.1, 0.15) is 0 Å². The summed E-state index contributed by atoms with van der Waals surface area (Å²) in [6.45, 7) is -0.263. The number of hydrogen-bond acceptors (Lipinski definition) is 3. The Morgan fingerprint density at radius 2 is 2.06 bits per heavy atom. The molecule has 0 atom stereocenters. The zero-order chi connectivity index (χ0) is 12.3. The van der Waals surface area contributed by atoms with Crippen LogP contribution in [0.2, 0.25) is 5.02 Å². The third kappa shape index (κ3) is 3.46. The minimum Gasteiger partial charge on any atom is -0.452 e. The normalized spacial score (nSPS) is 14.2. The standard InChI is InChI=1S/C12H12ClNO3/c13-10-4-2-1-3-9(10)12(16)17-7-11(15)14-8-5-6-8/h1-4,8H,5-7H2,(H,14,15). The maximum absolute atomic E-state index is 11.6. The fraction of sp³-hybridized carbons (Fsp3) is 0.333. The Labute approximate surface area is 104 Å². The average Bonchev–Trinajstić information content (AvgIpc) is 3.10. The van der Waals surface area contributed by atoms with Crippen molar-refractivity contribution in [2.24, 2.45) is 0 Å². The molecule has 2 rings (SSSR count). The van der Waals surface area contributed by atoms with E-state index < -0.39 is 5.97 Å². The maximum atomic E-state index is 11.6. The van der Waals surface area contributed by atoms with E-state index in [4.69, 9.17) is 16.3 Å². The minimum absolute atomic E-state index is 0.263.